The summed E-state index contributed by atoms with van der Waals surface area (Å²) in [5.74, 6) is 0.688. The molecule has 0 N–H and O–H groups in total. The minimum absolute atomic E-state index is 0.611. The molecule has 0 radical (unpaired) electrons. The molecule has 0 amide bonds. The van der Waals surface area contributed by atoms with Crippen molar-refractivity contribution < 1.29 is 9.15 Å². The fourth-order valence-electron chi connectivity index (χ4n) is 1.40. The third-order valence-electron chi connectivity index (χ3n) is 2.23. The first-order chi connectivity index (χ1) is 7.20. The molecule has 0 fully saturated rings. The SMILES string of the molecule is COCCc1nc2cc(C)c(Cl)cc2o1. The molecule has 2 aromatic rings. The van der Waals surface area contributed by atoms with Crippen LogP contribution in [0.15, 0.2) is 16.5 Å². The average molecular weight is 226 g/mol. The molecule has 0 atom stereocenters. The van der Waals surface area contributed by atoms with Crippen molar-refractivity contribution in [3.63, 3.8) is 0 Å². The van der Waals surface area contributed by atoms with Gasteiger partial charge in [-0.1, -0.05) is 11.6 Å². The van der Waals surface area contributed by atoms with Crippen LogP contribution in [-0.2, 0) is 11.2 Å². The number of benzene rings is 1. The van der Waals surface area contributed by atoms with Crippen LogP contribution in [0.25, 0.3) is 11.1 Å². The van der Waals surface area contributed by atoms with Gasteiger partial charge in [-0.05, 0) is 18.6 Å². The topological polar surface area (TPSA) is 35.3 Å². The highest BCUT2D eigenvalue weighted by Crippen LogP contribution is 2.24. The summed E-state index contributed by atoms with van der Waals surface area (Å²) in [6.07, 6.45) is 0.682. The second kappa shape index (κ2) is 4.21. The monoisotopic (exact) mass is 225 g/mol. The van der Waals surface area contributed by atoms with E-state index in [1.165, 1.54) is 0 Å². The number of oxazole rings is 1. The molecule has 1 heterocycles. The van der Waals surface area contributed by atoms with Gasteiger partial charge in [0.2, 0.25) is 0 Å². The highest BCUT2D eigenvalue weighted by Gasteiger charge is 2.07. The molecule has 0 saturated carbocycles. The van der Waals surface area contributed by atoms with E-state index in [1.54, 1.807) is 13.2 Å². The molecular weight excluding hydrogens is 214 g/mol. The van der Waals surface area contributed by atoms with E-state index in [1.807, 2.05) is 13.0 Å². The zero-order valence-corrected chi connectivity index (χ0v) is 9.47. The second-order valence-corrected chi connectivity index (χ2v) is 3.83. The van der Waals surface area contributed by atoms with Crippen LogP contribution < -0.4 is 0 Å². The van der Waals surface area contributed by atoms with Crippen molar-refractivity contribution >= 4 is 22.7 Å². The number of halogens is 1. The Labute approximate surface area is 93.0 Å². The van der Waals surface area contributed by atoms with E-state index in [0.717, 1.165) is 16.7 Å². The zero-order chi connectivity index (χ0) is 10.8. The molecule has 3 nitrogen and oxygen atoms in total. The van der Waals surface area contributed by atoms with E-state index in [4.69, 9.17) is 20.8 Å². The lowest BCUT2D eigenvalue weighted by molar-refractivity contribution is 0.196. The highest BCUT2D eigenvalue weighted by molar-refractivity contribution is 6.31. The first kappa shape index (κ1) is 10.5. The van der Waals surface area contributed by atoms with Crippen molar-refractivity contribution in [2.75, 3.05) is 13.7 Å². The number of methoxy groups -OCH3 is 1. The highest BCUT2D eigenvalue weighted by atomic mass is 35.5. The zero-order valence-electron chi connectivity index (χ0n) is 8.71. The van der Waals surface area contributed by atoms with Gasteiger partial charge in [-0.3, -0.25) is 0 Å². The summed E-state index contributed by atoms with van der Waals surface area (Å²) in [4.78, 5) is 4.35. The van der Waals surface area contributed by atoms with Crippen LogP contribution in [0.3, 0.4) is 0 Å². The van der Waals surface area contributed by atoms with Crippen molar-refractivity contribution in [2.45, 2.75) is 13.3 Å². The van der Waals surface area contributed by atoms with Gasteiger partial charge in [0.15, 0.2) is 11.5 Å². The smallest absolute Gasteiger partial charge is 0.197 e. The first-order valence-electron chi connectivity index (χ1n) is 4.75. The Kier molecular flexibility index (Phi) is 2.93. The number of rotatable bonds is 3. The van der Waals surface area contributed by atoms with Gasteiger partial charge in [0, 0.05) is 24.6 Å². The number of nitrogens with zero attached hydrogens (tertiary/aromatic N) is 1. The van der Waals surface area contributed by atoms with Crippen molar-refractivity contribution in [2.24, 2.45) is 0 Å². The Bertz CT molecular complexity index is 440. The predicted molar refractivity (Wildman–Crippen MR) is 59.3 cm³/mol. The molecule has 80 valence electrons. The van der Waals surface area contributed by atoms with Crippen LogP contribution in [0.4, 0.5) is 0 Å². The second-order valence-electron chi connectivity index (χ2n) is 3.42. The van der Waals surface area contributed by atoms with Crippen LogP contribution in [0, 0.1) is 6.92 Å². The molecule has 2 rings (SSSR count). The third kappa shape index (κ3) is 2.13. The van der Waals surface area contributed by atoms with Crippen molar-refractivity contribution in [3.05, 3.63) is 28.6 Å². The van der Waals surface area contributed by atoms with Gasteiger partial charge in [0.25, 0.3) is 0 Å². The third-order valence-corrected chi connectivity index (χ3v) is 2.64. The predicted octanol–water partition coefficient (Wildman–Crippen LogP) is 2.98. The fraction of sp³-hybridized carbons (Fsp3) is 0.364. The van der Waals surface area contributed by atoms with E-state index in [0.29, 0.717) is 23.9 Å². The van der Waals surface area contributed by atoms with Gasteiger partial charge in [0.1, 0.15) is 5.52 Å². The summed E-state index contributed by atoms with van der Waals surface area (Å²) in [6, 6.07) is 3.73. The van der Waals surface area contributed by atoms with Gasteiger partial charge in [-0.2, -0.15) is 0 Å². The molecule has 0 aliphatic carbocycles. The minimum atomic E-state index is 0.611. The van der Waals surface area contributed by atoms with Gasteiger partial charge >= 0.3 is 0 Å². The normalized spacial score (nSPS) is 11.1. The van der Waals surface area contributed by atoms with E-state index in [-0.39, 0.29) is 0 Å². The molecule has 0 spiro atoms. The molecule has 0 bridgehead atoms. The summed E-state index contributed by atoms with van der Waals surface area (Å²) >= 11 is 5.99. The van der Waals surface area contributed by atoms with Gasteiger partial charge in [-0.15, -0.1) is 0 Å². The summed E-state index contributed by atoms with van der Waals surface area (Å²) in [5, 5.41) is 0.706. The molecule has 0 aliphatic rings. The lowest BCUT2D eigenvalue weighted by Crippen LogP contribution is -1.93. The van der Waals surface area contributed by atoms with E-state index >= 15 is 0 Å². The van der Waals surface area contributed by atoms with Crippen LogP contribution in [0.1, 0.15) is 11.5 Å². The number of ether oxygens (including phenoxy) is 1. The van der Waals surface area contributed by atoms with Crippen LogP contribution in [0.2, 0.25) is 5.02 Å². The molecule has 15 heavy (non-hydrogen) atoms. The maximum atomic E-state index is 5.99. The molecule has 4 heteroatoms. The summed E-state index contributed by atoms with van der Waals surface area (Å²) in [7, 11) is 1.66. The van der Waals surface area contributed by atoms with Gasteiger partial charge in [-0.25, -0.2) is 4.98 Å². The molecule has 0 saturated heterocycles. The molecule has 0 unspecified atom stereocenters. The lowest BCUT2D eigenvalue weighted by atomic mass is 10.2. The lowest BCUT2D eigenvalue weighted by Gasteiger charge is -1.94. The van der Waals surface area contributed by atoms with Crippen molar-refractivity contribution in [1.82, 2.24) is 4.98 Å². The molecule has 1 aromatic carbocycles. The average Bonchev–Trinajstić information content (AvgIpc) is 2.58. The van der Waals surface area contributed by atoms with E-state index in [2.05, 4.69) is 4.98 Å². The fourth-order valence-corrected chi connectivity index (χ4v) is 1.55. The van der Waals surface area contributed by atoms with Crippen LogP contribution in [0.5, 0.6) is 0 Å². The number of hydrogen-bond acceptors (Lipinski definition) is 3. The quantitative estimate of drug-likeness (QED) is 0.806. The number of hydrogen-bond donors (Lipinski definition) is 0. The number of aromatic nitrogens is 1. The van der Waals surface area contributed by atoms with Crippen molar-refractivity contribution in [3.8, 4) is 0 Å². The van der Waals surface area contributed by atoms with Gasteiger partial charge in [0.05, 0.1) is 6.61 Å². The Hall–Kier alpha value is -1.06. The molecule has 0 aliphatic heterocycles. The Morgan fingerprint density at radius 2 is 2.27 bits per heavy atom. The summed E-state index contributed by atoms with van der Waals surface area (Å²) < 4.78 is 10.5. The maximum absolute atomic E-state index is 5.99. The van der Waals surface area contributed by atoms with Crippen LogP contribution >= 0.6 is 11.6 Å². The van der Waals surface area contributed by atoms with Crippen LogP contribution in [-0.4, -0.2) is 18.7 Å². The standard InChI is InChI=1S/C11H12ClNO2/c1-7-5-9-10(6-8(7)12)15-11(13-9)3-4-14-2/h5-6H,3-4H2,1-2H3. The van der Waals surface area contributed by atoms with Crippen molar-refractivity contribution in [1.29, 1.82) is 0 Å². The Balaban J connectivity index is 2.38. The number of aryl methyl sites for hydroxylation is 1. The summed E-state index contributed by atoms with van der Waals surface area (Å²) in [6.45, 7) is 2.56. The Morgan fingerprint density at radius 1 is 1.47 bits per heavy atom. The minimum Gasteiger partial charge on any atom is -0.441 e. The molecular formula is C11H12ClNO2. The van der Waals surface area contributed by atoms with E-state index in [9.17, 15) is 0 Å². The largest absolute Gasteiger partial charge is 0.441 e. The summed E-state index contributed by atoms with van der Waals surface area (Å²) in [5.41, 5.74) is 2.59. The first-order valence-corrected chi connectivity index (χ1v) is 5.13. The molecule has 1 aromatic heterocycles. The Morgan fingerprint density at radius 3 is 3.00 bits per heavy atom. The maximum Gasteiger partial charge on any atom is 0.197 e. The number of fused-ring (bicyclic) bond motifs is 1. The van der Waals surface area contributed by atoms with E-state index < -0.39 is 0 Å². The van der Waals surface area contributed by atoms with Gasteiger partial charge < -0.3 is 9.15 Å².